The normalized spacial score (nSPS) is 15.7. The van der Waals surface area contributed by atoms with Gasteiger partial charge in [-0.3, -0.25) is 4.79 Å². The van der Waals surface area contributed by atoms with Crippen LogP contribution in [0.25, 0.3) is 0 Å². The monoisotopic (exact) mass is 292 g/mol. The Morgan fingerprint density at radius 1 is 1.38 bits per heavy atom. The zero-order chi connectivity index (χ0) is 14.9. The first-order chi connectivity index (χ1) is 10.3. The molecule has 0 saturated carbocycles. The third kappa shape index (κ3) is 5.73. The average Bonchev–Trinajstić information content (AvgIpc) is 2.53. The van der Waals surface area contributed by atoms with Crippen molar-refractivity contribution in [2.45, 2.75) is 25.3 Å². The summed E-state index contributed by atoms with van der Waals surface area (Å²) < 4.78 is 10.5. The maximum absolute atomic E-state index is 11.8. The zero-order valence-electron chi connectivity index (χ0n) is 12.6. The van der Waals surface area contributed by atoms with E-state index < -0.39 is 0 Å². The lowest BCUT2D eigenvalue weighted by Gasteiger charge is -2.23. The number of hydrogen-bond donors (Lipinski definition) is 2. The standard InChI is InChI=1S/C16H24N2O3/c1-20-15-4-2-3-13(11-15)5-8-17-12-16(19)18-14-6-9-21-10-7-14/h2-4,11,14,17H,5-10,12H2,1H3,(H,18,19). The van der Waals surface area contributed by atoms with E-state index in [9.17, 15) is 4.79 Å². The van der Waals surface area contributed by atoms with E-state index in [2.05, 4.69) is 16.7 Å². The van der Waals surface area contributed by atoms with Crippen LogP contribution in [0.2, 0.25) is 0 Å². The number of hydrogen-bond acceptors (Lipinski definition) is 4. The Labute approximate surface area is 126 Å². The van der Waals surface area contributed by atoms with Gasteiger partial charge in [0.2, 0.25) is 5.91 Å². The van der Waals surface area contributed by atoms with Crippen molar-refractivity contribution in [3.05, 3.63) is 29.8 Å². The second-order valence-corrected chi connectivity index (χ2v) is 5.23. The van der Waals surface area contributed by atoms with Crippen molar-refractivity contribution in [2.75, 3.05) is 33.4 Å². The van der Waals surface area contributed by atoms with E-state index in [1.54, 1.807) is 7.11 Å². The number of nitrogens with one attached hydrogen (secondary N) is 2. The minimum Gasteiger partial charge on any atom is -0.497 e. The highest BCUT2D eigenvalue weighted by Crippen LogP contribution is 2.12. The van der Waals surface area contributed by atoms with Gasteiger partial charge in [-0.05, 0) is 43.5 Å². The summed E-state index contributed by atoms with van der Waals surface area (Å²) in [6.45, 7) is 2.62. The number of carbonyl (C=O) groups excluding carboxylic acids is 1. The average molecular weight is 292 g/mol. The largest absolute Gasteiger partial charge is 0.497 e. The number of amides is 1. The lowest BCUT2D eigenvalue weighted by atomic mass is 10.1. The SMILES string of the molecule is COc1cccc(CCNCC(=O)NC2CCOCC2)c1. The van der Waals surface area contributed by atoms with E-state index in [1.807, 2.05) is 18.2 Å². The topological polar surface area (TPSA) is 59.6 Å². The van der Waals surface area contributed by atoms with Crippen molar-refractivity contribution in [1.82, 2.24) is 10.6 Å². The second-order valence-electron chi connectivity index (χ2n) is 5.23. The fourth-order valence-electron chi connectivity index (χ4n) is 2.38. The minimum absolute atomic E-state index is 0.0625. The Bertz CT molecular complexity index is 445. The fraction of sp³-hybridized carbons (Fsp3) is 0.562. The molecule has 0 aliphatic carbocycles. The van der Waals surface area contributed by atoms with Gasteiger partial charge in [0.15, 0.2) is 0 Å². The lowest BCUT2D eigenvalue weighted by Crippen LogP contribution is -2.43. The molecule has 2 N–H and O–H groups in total. The molecule has 1 amide bonds. The molecular weight excluding hydrogens is 268 g/mol. The molecule has 1 aromatic rings. The van der Waals surface area contributed by atoms with E-state index in [0.29, 0.717) is 6.54 Å². The van der Waals surface area contributed by atoms with Gasteiger partial charge in [-0.15, -0.1) is 0 Å². The predicted molar refractivity (Wildman–Crippen MR) is 81.6 cm³/mol. The van der Waals surface area contributed by atoms with Gasteiger partial charge in [0, 0.05) is 19.3 Å². The molecule has 1 aromatic carbocycles. The molecule has 1 aliphatic heterocycles. The molecule has 21 heavy (non-hydrogen) atoms. The summed E-state index contributed by atoms with van der Waals surface area (Å²) in [5.41, 5.74) is 1.20. The van der Waals surface area contributed by atoms with Gasteiger partial charge in [0.1, 0.15) is 5.75 Å². The van der Waals surface area contributed by atoms with Crippen molar-refractivity contribution < 1.29 is 14.3 Å². The molecule has 1 aliphatic rings. The second kappa shape index (κ2) is 8.64. The summed E-state index contributed by atoms with van der Waals surface area (Å²) in [7, 11) is 1.66. The molecule has 5 nitrogen and oxygen atoms in total. The Hall–Kier alpha value is -1.59. The molecule has 1 heterocycles. The predicted octanol–water partition coefficient (Wildman–Crippen LogP) is 1.12. The summed E-state index contributed by atoms with van der Waals surface area (Å²) in [5.74, 6) is 0.928. The highest BCUT2D eigenvalue weighted by atomic mass is 16.5. The van der Waals surface area contributed by atoms with Gasteiger partial charge < -0.3 is 20.1 Å². The van der Waals surface area contributed by atoms with Crippen molar-refractivity contribution in [2.24, 2.45) is 0 Å². The van der Waals surface area contributed by atoms with Crippen LogP contribution in [0, 0.1) is 0 Å². The number of ether oxygens (including phenoxy) is 2. The molecule has 2 rings (SSSR count). The summed E-state index contributed by atoms with van der Waals surface area (Å²) in [6.07, 6.45) is 2.70. The number of benzene rings is 1. The van der Waals surface area contributed by atoms with Crippen LogP contribution in [0.15, 0.2) is 24.3 Å². The molecule has 0 spiro atoms. The first-order valence-corrected chi connectivity index (χ1v) is 7.48. The zero-order valence-corrected chi connectivity index (χ0v) is 12.6. The van der Waals surface area contributed by atoms with Crippen molar-refractivity contribution in [1.29, 1.82) is 0 Å². The summed E-state index contributed by atoms with van der Waals surface area (Å²) >= 11 is 0. The van der Waals surface area contributed by atoms with Crippen molar-refractivity contribution in [3.8, 4) is 5.75 Å². The summed E-state index contributed by atoms with van der Waals surface area (Å²) in [5, 5.41) is 6.21. The van der Waals surface area contributed by atoms with E-state index >= 15 is 0 Å². The third-order valence-electron chi connectivity index (χ3n) is 3.60. The maximum atomic E-state index is 11.8. The van der Waals surface area contributed by atoms with Crippen LogP contribution >= 0.6 is 0 Å². The van der Waals surface area contributed by atoms with Crippen LogP contribution in [0.3, 0.4) is 0 Å². The first-order valence-electron chi connectivity index (χ1n) is 7.48. The molecule has 0 aromatic heterocycles. The van der Waals surface area contributed by atoms with Crippen LogP contribution < -0.4 is 15.4 Å². The molecule has 1 fully saturated rings. The van der Waals surface area contributed by atoms with Crippen LogP contribution in [0.1, 0.15) is 18.4 Å². The fourth-order valence-corrected chi connectivity index (χ4v) is 2.38. The van der Waals surface area contributed by atoms with E-state index in [1.165, 1.54) is 5.56 Å². The van der Waals surface area contributed by atoms with Crippen LogP contribution in [0.5, 0.6) is 5.75 Å². The highest BCUT2D eigenvalue weighted by Gasteiger charge is 2.15. The van der Waals surface area contributed by atoms with Crippen LogP contribution in [-0.4, -0.2) is 45.4 Å². The number of methoxy groups -OCH3 is 1. The van der Waals surface area contributed by atoms with Crippen molar-refractivity contribution in [3.63, 3.8) is 0 Å². The number of rotatable bonds is 7. The first kappa shape index (κ1) is 15.8. The van der Waals surface area contributed by atoms with E-state index in [4.69, 9.17) is 9.47 Å². The van der Waals surface area contributed by atoms with Crippen LogP contribution in [-0.2, 0) is 16.0 Å². The third-order valence-corrected chi connectivity index (χ3v) is 3.60. The van der Waals surface area contributed by atoms with E-state index in [0.717, 1.165) is 44.8 Å². The summed E-state index contributed by atoms with van der Waals surface area (Å²) in [4.78, 5) is 11.8. The summed E-state index contributed by atoms with van der Waals surface area (Å²) in [6, 6.07) is 8.26. The Kier molecular flexibility index (Phi) is 6.50. The maximum Gasteiger partial charge on any atom is 0.234 e. The molecule has 5 heteroatoms. The van der Waals surface area contributed by atoms with Gasteiger partial charge in [-0.25, -0.2) is 0 Å². The highest BCUT2D eigenvalue weighted by molar-refractivity contribution is 5.78. The number of carbonyl (C=O) groups is 1. The van der Waals surface area contributed by atoms with Gasteiger partial charge in [0.25, 0.3) is 0 Å². The molecule has 0 unspecified atom stereocenters. The van der Waals surface area contributed by atoms with Gasteiger partial charge in [-0.2, -0.15) is 0 Å². The lowest BCUT2D eigenvalue weighted by molar-refractivity contribution is -0.121. The quantitative estimate of drug-likeness (QED) is 0.740. The van der Waals surface area contributed by atoms with Crippen LogP contribution in [0.4, 0.5) is 0 Å². The van der Waals surface area contributed by atoms with Crippen molar-refractivity contribution >= 4 is 5.91 Å². The Morgan fingerprint density at radius 3 is 2.95 bits per heavy atom. The Balaban J connectivity index is 1.61. The van der Waals surface area contributed by atoms with Gasteiger partial charge in [0.05, 0.1) is 13.7 Å². The van der Waals surface area contributed by atoms with E-state index in [-0.39, 0.29) is 11.9 Å². The molecule has 0 radical (unpaired) electrons. The van der Waals surface area contributed by atoms with Gasteiger partial charge in [-0.1, -0.05) is 12.1 Å². The molecule has 0 bridgehead atoms. The molecular formula is C16H24N2O3. The Morgan fingerprint density at radius 2 is 2.19 bits per heavy atom. The molecule has 0 atom stereocenters. The minimum atomic E-state index is 0.0625. The van der Waals surface area contributed by atoms with Gasteiger partial charge >= 0.3 is 0 Å². The molecule has 1 saturated heterocycles. The molecule has 116 valence electrons. The smallest absolute Gasteiger partial charge is 0.234 e.